The zero-order chi connectivity index (χ0) is 12.5. The van der Waals surface area contributed by atoms with Gasteiger partial charge in [0.05, 0.1) is 11.4 Å². The summed E-state index contributed by atoms with van der Waals surface area (Å²) in [7, 11) is 0. The molecule has 2 aliphatic rings. The van der Waals surface area contributed by atoms with Crippen LogP contribution in [-0.4, -0.2) is 25.7 Å². The maximum atomic E-state index is 12.5. The van der Waals surface area contributed by atoms with E-state index in [1.807, 2.05) is 17.0 Å². The van der Waals surface area contributed by atoms with Gasteiger partial charge in [0.15, 0.2) is 0 Å². The van der Waals surface area contributed by atoms with Crippen LogP contribution in [0.25, 0.3) is 0 Å². The molecule has 2 heterocycles. The van der Waals surface area contributed by atoms with Crippen LogP contribution in [0, 0.1) is 5.92 Å². The maximum absolute atomic E-state index is 12.5. The van der Waals surface area contributed by atoms with Gasteiger partial charge in [-0.2, -0.15) is 0 Å². The molecule has 2 N–H and O–H groups in total. The monoisotopic (exact) mass is 246 g/mol. The van der Waals surface area contributed by atoms with Crippen molar-refractivity contribution in [3.63, 3.8) is 0 Å². The number of hydrogen-bond donors (Lipinski definition) is 1. The van der Waals surface area contributed by atoms with E-state index in [-0.39, 0.29) is 11.8 Å². The third-order valence-electron chi connectivity index (χ3n) is 3.86. The lowest BCUT2D eigenvalue weighted by Gasteiger charge is -2.27. The lowest BCUT2D eigenvalue weighted by atomic mass is 9.98. The van der Waals surface area contributed by atoms with E-state index in [0.29, 0.717) is 18.9 Å². The number of fused-ring (bicyclic) bond motifs is 1. The number of hydrogen-bond acceptors (Lipinski definition) is 3. The third kappa shape index (κ3) is 1.86. The van der Waals surface area contributed by atoms with Crippen LogP contribution in [0.4, 0.5) is 11.4 Å². The normalized spacial score (nSPS) is 19.9. The van der Waals surface area contributed by atoms with Crippen molar-refractivity contribution in [2.75, 3.05) is 30.4 Å². The summed E-state index contributed by atoms with van der Waals surface area (Å²) in [5.41, 5.74) is 8.85. The molecule has 0 radical (unpaired) electrons. The lowest BCUT2D eigenvalue weighted by Crippen LogP contribution is -2.37. The number of benzene rings is 1. The Kier molecular flexibility index (Phi) is 2.96. The lowest BCUT2D eigenvalue weighted by molar-refractivity contribution is -0.125. The van der Waals surface area contributed by atoms with Gasteiger partial charge < -0.3 is 15.4 Å². The Labute approximate surface area is 107 Å². The van der Waals surface area contributed by atoms with Gasteiger partial charge in [-0.1, -0.05) is 12.1 Å². The van der Waals surface area contributed by atoms with Crippen molar-refractivity contribution in [2.45, 2.75) is 19.3 Å². The summed E-state index contributed by atoms with van der Waals surface area (Å²) in [5.74, 6) is 0.319. The first-order chi connectivity index (χ1) is 8.77. The van der Waals surface area contributed by atoms with Crippen LogP contribution in [0.3, 0.4) is 0 Å². The largest absolute Gasteiger partial charge is 0.397 e. The summed E-state index contributed by atoms with van der Waals surface area (Å²) in [4.78, 5) is 14.4. The van der Waals surface area contributed by atoms with E-state index in [0.717, 1.165) is 31.5 Å². The molecule has 4 heteroatoms. The first-order valence-electron chi connectivity index (χ1n) is 6.54. The fourth-order valence-corrected chi connectivity index (χ4v) is 2.87. The van der Waals surface area contributed by atoms with E-state index < -0.39 is 0 Å². The molecule has 3 rings (SSSR count). The topological polar surface area (TPSA) is 55.6 Å². The van der Waals surface area contributed by atoms with E-state index in [1.165, 1.54) is 5.56 Å². The summed E-state index contributed by atoms with van der Waals surface area (Å²) < 4.78 is 5.31. The van der Waals surface area contributed by atoms with Crippen molar-refractivity contribution in [1.29, 1.82) is 0 Å². The molecule has 1 aromatic carbocycles. The van der Waals surface area contributed by atoms with Crippen LogP contribution in [-0.2, 0) is 16.0 Å². The van der Waals surface area contributed by atoms with E-state index in [4.69, 9.17) is 10.5 Å². The SMILES string of the molecule is Nc1cccc2c1N(C(=O)C1CCOCC1)CC2. The number of ether oxygens (including phenoxy) is 1. The number of carbonyl (C=O) groups is 1. The Morgan fingerprint density at radius 2 is 2.11 bits per heavy atom. The van der Waals surface area contributed by atoms with Gasteiger partial charge in [-0.05, 0) is 30.9 Å². The summed E-state index contributed by atoms with van der Waals surface area (Å²) >= 11 is 0. The fourth-order valence-electron chi connectivity index (χ4n) is 2.87. The minimum atomic E-state index is 0.101. The molecule has 1 aromatic rings. The second kappa shape index (κ2) is 4.61. The number of nitrogens with zero attached hydrogens (tertiary/aromatic N) is 1. The molecule has 2 aliphatic heterocycles. The number of nitrogens with two attached hydrogens (primary N) is 1. The number of rotatable bonds is 1. The zero-order valence-corrected chi connectivity index (χ0v) is 10.4. The number of anilines is 2. The highest BCUT2D eigenvalue weighted by Crippen LogP contribution is 2.35. The number of nitrogen functional groups attached to an aromatic ring is 1. The van der Waals surface area contributed by atoms with Crippen LogP contribution in [0.15, 0.2) is 18.2 Å². The van der Waals surface area contributed by atoms with Crippen LogP contribution in [0.5, 0.6) is 0 Å². The first kappa shape index (κ1) is 11.5. The van der Waals surface area contributed by atoms with Crippen molar-refractivity contribution in [3.8, 4) is 0 Å². The van der Waals surface area contributed by atoms with Gasteiger partial charge in [-0.15, -0.1) is 0 Å². The van der Waals surface area contributed by atoms with Crippen LogP contribution in [0.1, 0.15) is 18.4 Å². The molecule has 0 aliphatic carbocycles. The Morgan fingerprint density at radius 3 is 2.89 bits per heavy atom. The van der Waals surface area contributed by atoms with Crippen molar-refractivity contribution in [1.82, 2.24) is 0 Å². The second-order valence-corrected chi connectivity index (χ2v) is 4.98. The van der Waals surface area contributed by atoms with E-state index in [1.54, 1.807) is 0 Å². The molecule has 1 fully saturated rings. The quantitative estimate of drug-likeness (QED) is 0.765. The minimum Gasteiger partial charge on any atom is -0.397 e. The first-order valence-corrected chi connectivity index (χ1v) is 6.54. The van der Waals surface area contributed by atoms with Gasteiger partial charge in [0.25, 0.3) is 0 Å². The molecule has 96 valence electrons. The molecule has 4 nitrogen and oxygen atoms in total. The van der Waals surface area contributed by atoms with Gasteiger partial charge >= 0.3 is 0 Å². The van der Waals surface area contributed by atoms with Crippen molar-refractivity contribution in [2.24, 2.45) is 5.92 Å². The summed E-state index contributed by atoms with van der Waals surface area (Å²) in [5, 5.41) is 0. The summed E-state index contributed by atoms with van der Waals surface area (Å²) in [6.45, 7) is 2.16. The van der Waals surface area contributed by atoms with Crippen molar-refractivity contribution < 1.29 is 9.53 Å². The number of carbonyl (C=O) groups excluding carboxylic acids is 1. The van der Waals surface area contributed by atoms with Gasteiger partial charge in [0, 0.05) is 25.7 Å². The van der Waals surface area contributed by atoms with E-state index in [9.17, 15) is 4.79 Å². The third-order valence-corrected chi connectivity index (χ3v) is 3.86. The van der Waals surface area contributed by atoms with Crippen LogP contribution in [0.2, 0.25) is 0 Å². The Hall–Kier alpha value is -1.55. The second-order valence-electron chi connectivity index (χ2n) is 4.98. The average Bonchev–Trinajstić information content (AvgIpc) is 2.84. The van der Waals surface area contributed by atoms with Crippen LogP contribution >= 0.6 is 0 Å². The van der Waals surface area contributed by atoms with E-state index >= 15 is 0 Å². The molecular formula is C14H18N2O2. The van der Waals surface area contributed by atoms with Gasteiger partial charge in [0.2, 0.25) is 5.91 Å². The Bertz CT molecular complexity index is 467. The summed E-state index contributed by atoms with van der Waals surface area (Å²) in [6.07, 6.45) is 2.57. The van der Waals surface area contributed by atoms with Gasteiger partial charge in [0.1, 0.15) is 0 Å². The highest BCUT2D eigenvalue weighted by molar-refractivity contribution is 6.00. The average molecular weight is 246 g/mol. The minimum absolute atomic E-state index is 0.101. The highest BCUT2D eigenvalue weighted by atomic mass is 16.5. The molecule has 18 heavy (non-hydrogen) atoms. The van der Waals surface area contributed by atoms with E-state index in [2.05, 4.69) is 6.07 Å². The smallest absolute Gasteiger partial charge is 0.230 e. The zero-order valence-electron chi connectivity index (χ0n) is 10.4. The highest BCUT2D eigenvalue weighted by Gasteiger charge is 2.32. The van der Waals surface area contributed by atoms with Gasteiger partial charge in [-0.25, -0.2) is 0 Å². The maximum Gasteiger partial charge on any atom is 0.230 e. The Morgan fingerprint density at radius 1 is 1.33 bits per heavy atom. The van der Waals surface area contributed by atoms with Crippen LogP contribution < -0.4 is 10.6 Å². The molecule has 0 bridgehead atoms. The predicted octanol–water partition coefficient (Wildman–Crippen LogP) is 1.58. The van der Waals surface area contributed by atoms with Crippen molar-refractivity contribution in [3.05, 3.63) is 23.8 Å². The Balaban J connectivity index is 1.85. The van der Waals surface area contributed by atoms with Gasteiger partial charge in [-0.3, -0.25) is 4.79 Å². The number of para-hydroxylation sites is 1. The van der Waals surface area contributed by atoms with Crippen molar-refractivity contribution >= 4 is 17.3 Å². The molecule has 0 unspecified atom stereocenters. The molecular weight excluding hydrogens is 228 g/mol. The molecule has 0 atom stereocenters. The molecule has 0 saturated carbocycles. The molecule has 0 aromatic heterocycles. The predicted molar refractivity (Wildman–Crippen MR) is 70.5 cm³/mol. The number of amides is 1. The molecule has 1 amide bonds. The molecule has 1 saturated heterocycles. The standard InChI is InChI=1S/C14H18N2O2/c15-12-3-1-2-10-4-7-16(13(10)12)14(17)11-5-8-18-9-6-11/h1-3,11H,4-9,15H2. The summed E-state index contributed by atoms with van der Waals surface area (Å²) in [6, 6.07) is 5.88. The molecule has 0 spiro atoms. The fraction of sp³-hybridized carbons (Fsp3) is 0.500.